The Labute approximate surface area is 193 Å². The molecule has 0 aliphatic carbocycles. The van der Waals surface area contributed by atoms with E-state index in [1.54, 1.807) is 4.57 Å². The Balaban J connectivity index is 1.66. The second-order valence-corrected chi connectivity index (χ2v) is 8.45. The van der Waals surface area contributed by atoms with E-state index >= 15 is 0 Å². The molecule has 2 heterocycles. The fourth-order valence-corrected chi connectivity index (χ4v) is 4.35. The van der Waals surface area contributed by atoms with Crippen molar-refractivity contribution in [3.05, 3.63) is 92.9 Å². The molecule has 1 N–H and O–H groups in total. The fraction of sp³-hybridized carbons (Fsp3) is 0.296. The van der Waals surface area contributed by atoms with Gasteiger partial charge < -0.3 is 5.32 Å². The molecule has 0 aliphatic heterocycles. The molecule has 4 rings (SSSR count). The molecular weight excluding hydrogens is 412 g/mol. The number of aromatic nitrogens is 3. The zero-order chi connectivity index (χ0) is 23.5. The molecule has 2 aromatic carbocycles. The van der Waals surface area contributed by atoms with Crippen LogP contribution < -0.4 is 10.9 Å². The Kier molecular flexibility index (Phi) is 6.45. The maximum atomic E-state index is 13.5. The van der Waals surface area contributed by atoms with Crippen LogP contribution in [0.4, 0.5) is 0 Å². The Bertz CT molecular complexity index is 1350. The van der Waals surface area contributed by atoms with E-state index in [1.807, 2.05) is 87.0 Å². The maximum Gasteiger partial charge on any atom is 0.255 e. The summed E-state index contributed by atoms with van der Waals surface area (Å²) in [5.74, 6) is -0.0622. The monoisotopic (exact) mass is 442 g/mol. The van der Waals surface area contributed by atoms with E-state index in [4.69, 9.17) is 5.10 Å². The first-order chi connectivity index (χ1) is 15.9. The molecular formula is C27H30N4O2. The van der Waals surface area contributed by atoms with Gasteiger partial charge in [-0.2, -0.15) is 5.10 Å². The van der Waals surface area contributed by atoms with Crippen LogP contribution in [0.1, 0.15) is 41.3 Å². The Morgan fingerprint density at radius 3 is 2.36 bits per heavy atom. The molecule has 6 heteroatoms. The summed E-state index contributed by atoms with van der Waals surface area (Å²) in [6.07, 6.45) is 0.666. The first-order valence-electron chi connectivity index (χ1n) is 11.4. The number of carbonyl (C=O) groups excluding carboxylic acids is 1. The van der Waals surface area contributed by atoms with E-state index in [9.17, 15) is 9.59 Å². The third-order valence-corrected chi connectivity index (χ3v) is 6.15. The lowest BCUT2D eigenvalue weighted by Gasteiger charge is -2.14. The van der Waals surface area contributed by atoms with E-state index in [0.29, 0.717) is 25.1 Å². The predicted octanol–water partition coefficient (Wildman–Crippen LogP) is 4.38. The highest BCUT2D eigenvalue weighted by Crippen LogP contribution is 2.26. The SMILES string of the molecule is CCn1c(=O)c(CCC(=O)NCc2ccccc2)c(C)c2c(C)nn(-c3ccc(C)cc3)c21. The molecule has 0 atom stereocenters. The first-order valence-corrected chi connectivity index (χ1v) is 11.4. The fourth-order valence-electron chi connectivity index (χ4n) is 4.35. The number of pyridine rings is 1. The Morgan fingerprint density at radius 2 is 1.70 bits per heavy atom. The minimum atomic E-state index is -0.0622. The Hall–Kier alpha value is -3.67. The number of hydrogen-bond donors (Lipinski definition) is 1. The van der Waals surface area contributed by atoms with Crippen molar-refractivity contribution in [1.29, 1.82) is 0 Å². The molecule has 0 saturated heterocycles. The van der Waals surface area contributed by atoms with Crippen LogP contribution in [-0.2, 0) is 24.3 Å². The normalized spacial score (nSPS) is 11.2. The van der Waals surface area contributed by atoms with Gasteiger partial charge in [0.1, 0.15) is 5.65 Å². The molecule has 0 saturated carbocycles. The van der Waals surface area contributed by atoms with Crippen LogP contribution in [0.5, 0.6) is 0 Å². The highest BCUT2D eigenvalue weighted by Gasteiger charge is 2.21. The van der Waals surface area contributed by atoms with Crippen LogP contribution in [0.2, 0.25) is 0 Å². The lowest BCUT2D eigenvalue weighted by atomic mass is 10.0. The summed E-state index contributed by atoms with van der Waals surface area (Å²) in [7, 11) is 0. The van der Waals surface area contributed by atoms with Gasteiger partial charge in [-0.05, 0) is 57.4 Å². The van der Waals surface area contributed by atoms with Crippen LogP contribution in [0.25, 0.3) is 16.7 Å². The quantitative estimate of drug-likeness (QED) is 0.462. The highest BCUT2D eigenvalue weighted by molar-refractivity contribution is 5.85. The van der Waals surface area contributed by atoms with Gasteiger partial charge in [-0.3, -0.25) is 14.2 Å². The average Bonchev–Trinajstić information content (AvgIpc) is 3.16. The minimum absolute atomic E-state index is 0.0494. The summed E-state index contributed by atoms with van der Waals surface area (Å²) >= 11 is 0. The molecule has 1 amide bonds. The smallest absolute Gasteiger partial charge is 0.255 e. The topological polar surface area (TPSA) is 68.9 Å². The summed E-state index contributed by atoms with van der Waals surface area (Å²) in [4.78, 5) is 25.9. The molecule has 0 unspecified atom stereocenters. The van der Waals surface area contributed by atoms with Gasteiger partial charge in [0.25, 0.3) is 5.56 Å². The molecule has 170 valence electrons. The van der Waals surface area contributed by atoms with Gasteiger partial charge in [0.15, 0.2) is 0 Å². The molecule has 33 heavy (non-hydrogen) atoms. The number of amides is 1. The highest BCUT2D eigenvalue weighted by atomic mass is 16.1. The van der Waals surface area contributed by atoms with Crippen LogP contribution in [0.15, 0.2) is 59.4 Å². The van der Waals surface area contributed by atoms with Gasteiger partial charge in [-0.15, -0.1) is 0 Å². The molecule has 6 nitrogen and oxygen atoms in total. The number of aryl methyl sites for hydroxylation is 4. The first kappa shape index (κ1) is 22.5. The van der Waals surface area contributed by atoms with Crippen molar-refractivity contribution in [2.75, 3.05) is 0 Å². The maximum absolute atomic E-state index is 13.5. The number of benzene rings is 2. The molecule has 0 spiro atoms. The van der Waals surface area contributed by atoms with Crippen LogP contribution in [0, 0.1) is 20.8 Å². The van der Waals surface area contributed by atoms with Crippen molar-refractivity contribution in [3.8, 4) is 5.69 Å². The zero-order valence-electron chi connectivity index (χ0n) is 19.7. The third-order valence-electron chi connectivity index (χ3n) is 6.15. The number of rotatable bonds is 7. The lowest BCUT2D eigenvalue weighted by Crippen LogP contribution is -2.28. The number of carbonyl (C=O) groups is 1. The van der Waals surface area contributed by atoms with Crippen molar-refractivity contribution >= 4 is 16.9 Å². The van der Waals surface area contributed by atoms with Crippen molar-refractivity contribution in [2.24, 2.45) is 0 Å². The summed E-state index contributed by atoms with van der Waals surface area (Å²) < 4.78 is 3.64. The van der Waals surface area contributed by atoms with Gasteiger partial charge in [0.05, 0.1) is 11.4 Å². The van der Waals surface area contributed by atoms with Crippen molar-refractivity contribution in [2.45, 2.75) is 53.6 Å². The van der Waals surface area contributed by atoms with Crippen molar-refractivity contribution < 1.29 is 4.79 Å². The molecule has 0 aliphatic rings. The second-order valence-electron chi connectivity index (χ2n) is 8.45. The summed E-state index contributed by atoms with van der Waals surface area (Å²) in [6, 6.07) is 17.9. The zero-order valence-corrected chi connectivity index (χ0v) is 19.7. The molecule has 0 radical (unpaired) electrons. The molecule has 2 aromatic heterocycles. The van der Waals surface area contributed by atoms with E-state index < -0.39 is 0 Å². The number of fused-ring (bicyclic) bond motifs is 1. The van der Waals surface area contributed by atoms with Crippen LogP contribution >= 0.6 is 0 Å². The number of nitrogens with zero attached hydrogens (tertiary/aromatic N) is 3. The van der Waals surface area contributed by atoms with Gasteiger partial charge >= 0.3 is 0 Å². The van der Waals surface area contributed by atoms with Gasteiger partial charge in [0.2, 0.25) is 5.91 Å². The number of hydrogen-bond acceptors (Lipinski definition) is 3. The molecule has 0 bridgehead atoms. The largest absolute Gasteiger partial charge is 0.352 e. The van der Waals surface area contributed by atoms with Crippen LogP contribution in [0.3, 0.4) is 0 Å². The van der Waals surface area contributed by atoms with Crippen molar-refractivity contribution in [3.63, 3.8) is 0 Å². The van der Waals surface area contributed by atoms with Gasteiger partial charge in [-0.1, -0.05) is 48.0 Å². The van der Waals surface area contributed by atoms with E-state index in [2.05, 4.69) is 5.32 Å². The predicted molar refractivity (Wildman–Crippen MR) is 132 cm³/mol. The van der Waals surface area contributed by atoms with Gasteiger partial charge in [0, 0.05) is 30.5 Å². The third kappa shape index (κ3) is 4.46. The van der Waals surface area contributed by atoms with E-state index in [0.717, 1.165) is 33.5 Å². The van der Waals surface area contributed by atoms with Crippen LogP contribution in [-0.4, -0.2) is 20.3 Å². The summed E-state index contributed by atoms with van der Waals surface area (Å²) in [6.45, 7) is 8.97. The lowest BCUT2D eigenvalue weighted by molar-refractivity contribution is -0.121. The minimum Gasteiger partial charge on any atom is -0.352 e. The standard InChI is InChI=1S/C27H30N4O2/c1-5-30-26-25(20(4)29-31(26)22-13-11-18(2)12-14-22)19(3)23(27(30)33)15-16-24(32)28-17-21-9-7-6-8-10-21/h6-14H,5,15-17H2,1-4H3,(H,28,32). The van der Waals surface area contributed by atoms with E-state index in [-0.39, 0.29) is 17.9 Å². The summed E-state index contributed by atoms with van der Waals surface area (Å²) in [5.41, 5.74) is 6.37. The molecule has 0 fully saturated rings. The van der Waals surface area contributed by atoms with Crippen molar-refractivity contribution in [1.82, 2.24) is 19.7 Å². The molecule has 4 aromatic rings. The summed E-state index contributed by atoms with van der Waals surface area (Å²) in [5, 5.41) is 8.71. The Morgan fingerprint density at radius 1 is 1.00 bits per heavy atom. The van der Waals surface area contributed by atoms with E-state index in [1.165, 1.54) is 5.56 Å². The second kappa shape index (κ2) is 9.45. The average molecular weight is 443 g/mol. The number of nitrogens with one attached hydrogen (secondary N) is 1. The van der Waals surface area contributed by atoms with Gasteiger partial charge in [-0.25, -0.2) is 4.68 Å².